The van der Waals surface area contributed by atoms with E-state index in [0.717, 1.165) is 31.5 Å². The van der Waals surface area contributed by atoms with Gasteiger partial charge in [0.2, 0.25) is 11.9 Å². The third-order valence-corrected chi connectivity index (χ3v) is 5.44. The van der Waals surface area contributed by atoms with Crippen molar-refractivity contribution >= 4 is 34.4 Å². The van der Waals surface area contributed by atoms with Crippen LogP contribution in [0, 0.1) is 5.82 Å². The van der Waals surface area contributed by atoms with Crippen molar-refractivity contribution in [3.63, 3.8) is 0 Å². The van der Waals surface area contributed by atoms with E-state index in [2.05, 4.69) is 10.4 Å². The van der Waals surface area contributed by atoms with Crippen molar-refractivity contribution in [1.82, 2.24) is 9.66 Å². The van der Waals surface area contributed by atoms with Crippen LogP contribution >= 0.6 is 11.6 Å². The highest BCUT2D eigenvalue weighted by molar-refractivity contribution is 6.30. The molecule has 29 heavy (non-hydrogen) atoms. The summed E-state index contributed by atoms with van der Waals surface area (Å²) >= 11 is 5.92. The predicted octanol–water partition coefficient (Wildman–Crippen LogP) is 3.66. The lowest BCUT2D eigenvalue weighted by molar-refractivity contribution is -0.118. The number of amides is 1. The Balaban J connectivity index is 1.75. The van der Waals surface area contributed by atoms with Crippen LogP contribution in [0.3, 0.4) is 0 Å². The zero-order valence-corrected chi connectivity index (χ0v) is 16.6. The van der Waals surface area contributed by atoms with Crippen molar-refractivity contribution in [2.45, 2.75) is 25.7 Å². The van der Waals surface area contributed by atoms with E-state index in [1.807, 2.05) is 4.90 Å². The van der Waals surface area contributed by atoms with Gasteiger partial charge in [0.1, 0.15) is 5.82 Å². The van der Waals surface area contributed by atoms with E-state index in [1.54, 1.807) is 31.2 Å². The maximum absolute atomic E-state index is 13.7. The number of nitrogens with one attached hydrogen (secondary N) is 1. The molecule has 1 N–H and O–H groups in total. The molecule has 0 radical (unpaired) electrons. The lowest BCUT2D eigenvalue weighted by Crippen LogP contribution is -2.40. The van der Waals surface area contributed by atoms with Crippen LogP contribution in [0.5, 0.6) is 0 Å². The van der Waals surface area contributed by atoms with Crippen molar-refractivity contribution in [2.75, 3.05) is 23.4 Å². The van der Waals surface area contributed by atoms with Crippen LogP contribution in [0.1, 0.15) is 31.2 Å². The van der Waals surface area contributed by atoms with Gasteiger partial charge in [-0.2, -0.15) is 4.68 Å². The van der Waals surface area contributed by atoms with Gasteiger partial charge in [0.25, 0.3) is 5.56 Å². The molecule has 2 aromatic carbocycles. The molecule has 1 aromatic heterocycles. The van der Waals surface area contributed by atoms with Crippen molar-refractivity contribution in [3.8, 4) is 0 Å². The first-order chi connectivity index (χ1) is 13.9. The molecule has 2 heterocycles. The molecule has 1 fully saturated rings. The van der Waals surface area contributed by atoms with Gasteiger partial charge in [-0.05, 0) is 49.6 Å². The average molecular weight is 415 g/mol. The highest BCUT2D eigenvalue weighted by Crippen LogP contribution is 2.22. The molecule has 0 spiro atoms. The molecule has 3 aromatic rings. The summed E-state index contributed by atoms with van der Waals surface area (Å²) in [6.07, 6.45) is 1.93. The van der Waals surface area contributed by atoms with Gasteiger partial charge in [-0.15, -0.1) is 0 Å². The van der Waals surface area contributed by atoms with Crippen LogP contribution < -0.4 is 15.9 Å². The van der Waals surface area contributed by atoms with Gasteiger partial charge in [-0.1, -0.05) is 23.7 Å². The molecule has 0 unspecified atom stereocenters. The second-order valence-electron chi connectivity index (χ2n) is 7.16. The minimum absolute atomic E-state index is 0.244. The second-order valence-corrected chi connectivity index (χ2v) is 7.59. The van der Waals surface area contributed by atoms with E-state index in [1.165, 1.54) is 22.9 Å². The van der Waals surface area contributed by atoms with Gasteiger partial charge in [-0.3, -0.25) is 15.0 Å². The maximum Gasteiger partial charge on any atom is 0.281 e. The first-order valence-corrected chi connectivity index (χ1v) is 9.85. The molecular formula is C21H20ClFN4O2. The summed E-state index contributed by atoms with van der Waals surface area (Å²) in [6, 6.07) is 10.8. The van der Waals surface area contributed by atoms with Crippen LogP contribution in [0.2, 0.25) is 5.02 Å². The van der Waals surface area contributed by atoms with E-state index < -0.39 is 17.3 Å². The number of fused-ring (bicyclic) bond motifs is 1. The van der Waals surface area contributed by atoms with E-state index >= 15 is 0 Å². The zero-order valence-electron chi connectivity index (χ0n) is 15.9. The Hall–Kier alpha value is -2.93. The van der Waals surface area contributed by atoms with Gasteiger partial charge in [0, 0.05) is 24.2 Å². The number of carbonyl (C=O) groups excluding carboxylic acids is 1. The second kappa shape index (κ2) is 7.83. The Morgan fingerprint density at radius 1 is 1.17 bits per heavy atom. The first-order valence-electron chi connectivity index (χ1n) is 9.47. The molecule has 150 valence electrons. The van der Waals surface area contributed by atoms with Gasteiger partial charge < -0.3 is 4.90 Å². The summed E-state index contributed by atoms with van der Waals surface area (Å²) in [5, 5.41) is 0.827. The summed E-state index contributed by atoms with van der Waals surface area (Å²) in [4.78, 5) is 32.4. The number of benzene rings is 2. The minimum Gasteiger partial charge on any atom is -0.341 e. The van der Waals surface area contributed by atoms with Crippen LogP contribution in [0.15, 0.2) is 47.3 Å². The summed E-state index contributed by atoms with van der Waals surface area (Å²) in [6.45, 7) is 3.19. The van der Waals surface area contributed by atoms with Gasteiger partial charge in [0.15, 0.2) is 0 Å². The predicted molar refractivity (Wildman–Crippen MR) is 112 cm³/mol. The highest BCUT2D eigenvalue weighted by atomic mass is 35.5. The smallest absolute Gasteiger partial charge is 0.281 e. The van der Waals surface area contributed by atoms with Crippen molar-refractivity contribution < 1.29 is 9.18 Å². The fourth-order valence-electron chi connectivity index (χ4n) is 3.49. The Morgan fingerprint density at radius 3 is 2.55 bits per heavy atom. The number of nitrogens with zero attached hydrogens (tertiary/aromatic N) is 3. The van der Waals surface area contributed by atoms with E-state index in [-0.39, 0.29) is 16.8 Å². The number of anilines is 1. The molecule has 4 rings (SSSR count). The number of aromatic nitrogens is 2. The third kappa shape index (κ3) is 3.82. The Kier molecular flexibility index (Phi) is 5.24. The van der Waals surface area contributed by atoms with Crippen LogP contribution in [0.25, 0.3) is 10.9 Å². The standard InChI is InChI=1S/C21H20ClFN4O2/c1-13(14-4-6-15(22)7-5-14)19(28)25-27-20(29)17-9-8-16(23)12-18(17)24-21(27)26-10-2-3-11-26/h4-9,12-13H,2-3,10-11H2,1H3,(H,25,28)/t13-/m0/s1. The van der Waals surface area contributed by atoms with Crippen molar-refractivity contribution in [3.05, 3.63) is 69.2 Å². The molecule has 1 aliphatic rings. The third-order valence-electron chi connectivity index (χ3n) is 5.19. The number of hydrogen-bond acceptors (Lipinski definition) is 4. The highest BCUT2D eigenvalue weighted by Gasteiger charge is 2.23. The van der Waals surface area contributed by atoms with Crippen LogP contribution in [-0.4, -0.2) is 28.7 Å². The monoisotopic (exact) mass is 414 g/mol. The van der Waals surface area contributed by atoms with Crippen molar-refractivity contribution in [1.29, 1.82) is 0 Å². The van der Waals surface area contributed by atoms with Gasteiger partial charge in [0.05, 0.1) is 16.8 Å². The molecule has 1 atom stereocenters. The molecule has 0 bridgehead atoms. The molecule has 0 aliphatic carbocycles. The fourth-order valence-corrected chi connectivity index (χ4v) is 3.61. The van der Waals surface area contributed by atoms with E-state index in [0.29, 0.717) is 11.0 Å². The minimum atomic E-state index is -0.505. The first kappa shape index (κ1) is 19.4. The average Bonchev–Trinajstić information content (AvgIpc) is 3.24. The molecule has 1 aliphatic heterocycles. The molecular weight excluding hydrogens is 395 g/mol. The van der Waals surface area contributed by atoms with E-state index in [4.69, 9.17) is 11.6 Å². The number of rotatable bonds is 4. The fraction of sp³-hybridized carbons (Fsp3) is 0.286. The van der Waals surface area contributed by atoms with Crippen LogP contribution in [-0.2, 0) is 4.79 Å². The van der Waals surface area contributed by atoms with Crippen molar-refractivity contribution in [2.24, 2.45) is 0 Å². The molecule has 6 nitrogen and oxygen atoms in total. The molecule has 8 heteroatoms. The summed E-state index contributed by atoms with van der Waals surface area (Å²) in [5.41, 5.74) is 3.32. The number of carbonyl (C=O) groups is 1. The molecule has 1 amide bonds. The topological polar surface area (TPSA) is 67.2 Å². The summed E-state index contributed by atoms with van der Waals surface area (Å²) in [7, 11) is 0. The number of halogens is 2. The van der Waals surface area contributed by atoms with E-state index in [9.17, 15) is 14.0 Å². The Labute approximate surface area is 171 Å². The largest absolute Gasteiger partial charge is 0.341 e. The van der Waals surface area contributed by atoms with Gasteiger partial charge in [-0.25, -0.2) is 9.37 Å². The lowest BCUT2D eigenvalue weighted by Gasteiger charge is -2.23. The van der Waals surface area contributed by atoms with Crippen LogP contribution in [0.4, 0.5) is 10.3 Å². The summed E-state index contributed by atoms with van der Waals surface area (Å²) < 4.78 is 14.8. The quantitative estimate of drug-likeness (QED) is 0.707. The molecule has 1 saturated heterocycles. The SMILES string of the molecule is C[C@H](C(=O)Nn1c(N2CCCC2)nc2cc(F)ccc2c1=O)c1ccc(Cl)cc1. The summed E-state index contributed by atoms with van der Waals surface area (Å²) in [5.74, 6) is -0.996. The zero-order chi connectivity index (χ0) is 20.5. The maximum atomic E-state index is 13.7. The Morgan fingerprint density at radius 2 is 1.86 bits per heavy atom. The Bertz CT molecular complexity index is 1120. The lowest BCUT2D eigenvalue weighted by atomic mass is 10.0. The molecule has 0 saturated carbocycles. The number of hydrogen-bond donors (Lipinski definition) is 1. The van der Waals surface area contributed by atoms with Gasteiger partial charge >= 0.3 is 0 Å². The normalized spacial score (nSPS) is 14.9.